The Morgan fingerprint density at radius 2 is 1.59 bits per heavy atom. The number of benzene rings is 3. The smallest absolute Gasteiger partial charge is 0.329 e. The Hall–Kier alpha value is -4.28. The van der Waals surface area contributed by atoms with Crippen LogP contribution in [-0.2, 0) is 14.4 Å². The molecule has 3 N–H and O–H groups in total. The molecule has 37 heavy (non-hydrogen) atoms. The summed E-state index contributed by atoms with van der Waals surface area (Å²) in [5, 5.41) is 9.64. The largest absolute Gasteiger partial charge is 0.497 e. The topological polar surface area (TPSA) is 127 Å². The van der Waals surface area contributed by atoms with Gasteiger partial charge in [-0.3, -0.25) is 14.4 Å². The maximum absolute atomic E-state index is 12.2. The minimum Gasteiger partial charge on any atom is -0.497 e. The Morgan fingerprint density at radius 3 is 2.30 bits per heavy atom. The summed E-state index contributed by atoms with van der Waals surface area (Å²) in [5.41, 5.74) is 3.52. The van der Waals surface area contributed by atoms with Crippen LogP contribution in [0, 0.1) is 0 Å². The van der Waals surface area contributed by atoms with Gasteiger partial charge in [0.1, 0.15) is 5.75 Å². The predicted molar refractivity (Wildman–Crippen MR) is 141 cm³/mol. The molecule has 0 aliphatic carbocycles. The van der Waals surface area contributed by atoms with Crippen molar-refractivity contribution in [2.75, 3.05) is 31.5 Å². The Balaban J connectivity index is 1.53. The van der Waals surface area contributed by atoms with Gasteiger partial charge in [0.05, 0.1) is 20.4 Å². The minimum atomic E-state index is -0.960. The average Bonchev–Trinajstić information content (AvgIpc) is 2.87. The fraction of sp³-hybridized carbons (Fsp3) is 0.120. The van der Waals surface area contributed by atoms with Gasteiger partial charge in [-0.1, -0.05) is 29.3 Å². The SMILES string of the molecule is COc1cccc(NC(=O)C(=O)N/N=C\c2ccc(OCC(=O)Nc3cc(Cl)cc(Cl)c3)c(OC)c2)c1. The zero-order chi connectivity index (χ0) is 26.8. The summed E-state index contributed by atoms with van der Waals surface area (Å²) in [5.74, 6) is -1.13. The van der Waals surface area contributed by atoms with E-state index in [-0.39, 0.29) is 6.61 Å². The zero-order valence-corrected chi connectivity index (χ0v) is 21.2. The summed E-state index contributed by atoms with van der Waals surface area (Å²) < 4.78 is 15.9. The summed E-state index contributed by atoms with van der Waals surface area (Å²) in [4.78, 5) is 36.3. The zero-order valence-electron chi connectivity index (χ0n) is 19.7. The van der Waals surface area contributed by atoms with Crippen LogP contribution in [0.1, 0.15) is 5.56 Å². The molecular formula is C25H22Cl2N4O6. The van der Waals surface area contributed by atoms with Crippen molar-refractivity contribution in [3.8, 4) is 17.2 Å². The van der Waals surface area contributed by atoms with E-state index in [1.165, 1.54) is 20.4 Å². The number of hydrazone groups is 1. The molecule has 0 bridgehead atoms. The number of ether oxygens (including phenoxy) is 3. The fourth-order valence-electron chi connectivity index (χ4n) is 2.95. The van der Waals surface area contributed by atoms with E-state index in [0.29, 0.717) is 44.2 Å². The summed E-state index contributed by atoms with van der Waals surface area (Å²) in [6.45, 7) is -0.299. The van der Waals surface area contributed by atoms with Crippen molar-refractivity contribution >= 4 is 58.5 Å². The number of rotatable bonds is 9. The standard InChI is InChI=1S/C25H22Cl2N4O6/c1-35-20-5-3-4-18(12-20)30-24(33)25(34)31-28-13-15-6-7-21(22(8-15)36-2)37-14-23(32)29-19-10-16(26)9-17(27)11-19/h3-13H,14H2,1-2H3,(H,29,32)(H,30,33)(H,31,34)/b28-13-. The van der Waals surface area contributed by atoms with Crippen molar-refractivity contribution in [1.82, 2.24) is 5.43 Å². The second-order valence-electron chi connectivity index (χ2n) is 7.29. The van der Waals surface area contributed by atoms with Gasteiger partial charge in [-0.25, -0.2) is 5.43 Å². The lowest BCUT2D eigenvalue weighted by Crippen LogP contribution is -2.32. The Kier molecular flexibility index (Phi) is 9.70. The Morgan fingerprint density at radius 1 is 0.838 bits per heavy atom. The summed E-state index contributed by atoms with van der Waals surface area (Å²) in [6, 6.07) is 16.0. The van der Waals surface area contributed by atoms with Gasteiger partial charge in [-0.05, 0) is 54.1 Å². The molecule has 0 atom stereocenters. The number of nitrogens with one attached hydrogen (secondary N) is 3. The maximum atomic E-state index is 12.2. The Labute approximate surface area is 222 Å². The number of amides is 3. The molecule has 12 heteroatoms. The molecule has 0 aliphatic heterocycles. The van der Waals surface area contributed by atoms with E-state index < -0.39 is 17.7 Å². The fourth-order valence-corrected chi connectivity index (χ4v) is 3.48. The van der Waals surface area contributed by atoms with E-state index in [0.717, 1.165) is 0 Å². The van der Waals surface area contributed by atoms with Crippen LogP contribution >= 0.6 is 23.2 Å². The van der Waals surface area contributed by atoms with Gasteiger partial charge in [0.2, 0.25) is 0 Å². The summed E-state index contributed by atoms with van der Waals surface area (Å²) >= 11 is 11.9. The highest BCUT2D eigenvalue weighted by Gasteiger charge is 2.13. The highest BCUT2D eigenvalue weighted by molar-refractivity contribution is 6.39. The van der Waals surface area contributed by atoms with Crippen molar-refractivity contribution in [2.45, 2.75) is 0 Å². The van der Waals surface area contributed by atoms with Gasteiger partial charge in [0.25, 0.3) is 5.91 Å². The second kappa shape index (κ2) is 13.1. The van der Waals surface area contributed by atoms with Gasteiger partial charge >= 0.3 is 11.8 Å². The van der Waals surface area contributed by atoms with Crippen molar-refractivity contribution in [3.63, 3.8) is 0 Å². The normalized spacial score (nSPS) is 10.5. The predicted octanol–water partition coefficient (Wildman–Crippen LogP) is 4.12. The summed E-state index contributed by atoms with van der Waals surface area (Å²) in [6.07, 6.45) is 1.32. The van der Waals surface area contributed by atoms with Crippen LogP contribution < -0.4 is 30.3 Å². The van der Waals surface area contributed by atoms with E-state index in [9.17, 15) is 14.4 Å². The van der Waals surface area contributed by atoms with Gasteiger partial charge in [-0.2, -0.15) is 5.10 Å². The third kappa shape index (κ3) is 8.41. The molecule has 3 amide bonds. The molecule has 0 spiro atoms. The molecule has 0 saturated heterocycles. The van der Waals surface area contributed by atoms with Crippen LogP contribution in [0.25, 0.3) is 0 Å². The lowest BCUT2D eigenvalue weighted by molar-refractivity contribution is -0.136. The molecule has 0 fully saturated rings. The first-order chi connectivity index (χ1) is 17.8. The van der Waals surface area contributed by atoms with Crippen LogP contribution in [0.5, 0.6) is 17.2 Å². The quantitative estimate of drug-likeness (QED) is 0.211. The number of methoxy groups -OCH3 is 2. The summed E-state index contributed by atoms with van der Waals surface area (Å²) in [7, 11) is 2.92. The number of carbonyl (C=O) groups excluding carboxylic acids is 3. The molecule has 0 saturated carbocycles. The first kappa shape index (κ1) is 27.3. The first-order valence-electron chi connectivity index (χ1n) is 10.6. The molecule has 0 aromatic heterocycles. The first-order valence-corrected chi connectivity index (χ1v) is 11.4. The van der Waals surface area contributed by atoms with Gasteiger partial charge in [0.15, 0.2) is 18.1 Å². The van der Waals surface area contributed by atoms with Crippen LogP contribution in [0.2, 0.25) is 10.0 Å². The van der Waals surface area contributed by atoms with Crippen molar-refractivity contribution in [1.29, 1.82) is 0 Å². The number of halogens is 2. The number of nitrogens with zero attached hydrogens (tertiary/aromatic N) is 1. The van der Waals surface area contributed by atoms with Crippen molar-refractivity contribution in [2.24, 2.45) is 5.10 Å². The maximum Gasteiger partial charge on any atom is 0.329 e. The van der Waals surface area contributed by atoms with Crippen molar-refractivity contribution < 1.29 is 28.6 Å². The molecule has 3 aromatic carbocycles. The molecule has 0 unspecified atom stereocenters. The highest BCUT2D eigenvalue weighted by atomic mass is 35.5. The minimum absolute atomic E-state index is 0.299. The van der Waals surface area contributed by atoms with Crippen LogP contribution in [0.15, 0.2) is 65.8 Å². The van der Waals surface area contributed by atoms with E-state index >= 15 is 0 Å². The van der Waals surface area contributed by atoms with Gasteiger partial charge in [0, 0.05) is 27.5 Å². The Bertz CT molecular complexity index is 1310. The average molecular weight is 545 g/mol. The molecular weight excluding hydrogens is 523 g/mol. The molecule has 3 aromatic rings. The van der Waals surface area contributed by atoms with Gasteiger partial charge in [-0.15, -0.1) is 0 Å². The van der Waals surface area contributed by atoms with Crippen molar-refractivity contribution in [3.05, 3.63) is 76.3 Å². The van der Waals surface area contributed by atoms with Gasteiger partial charge < -0.3 is 24.8 Å². The number of hydrogen-bond acceptors (Lipinski definition) is 7. The van der Waals surface area contributed by atoms with Crippen LogP contribution in [0.3, 0.4) is 0 Å². The van der Waals surface area contributed by atoms with E-state index in [1.54, 1.807) is 60.7 Å². The molecule has 10 nitrogen and oxygen atoms in total. The third-order valence-electron chi connectivity index (χ3n) is 4.61. The monoisotopic (exact) mass is 544 g/mol. The molecule has 0 radical (unpaired) electrons. The molecule has 3 rings (SSSR count). The number of anilines is 2. The second-order valence-corrected chi connectivity index (χ2v) is 8.16. The molecule has 0 heterocycles. The number of carbonyl (C=O) groups is 3. The highest BCUT2D eigenvalue weighted by Crippen LogP contribution is 2.28. The third-order valence-corrected chi connectivity index (χ3v) is 5.04. The molecule has 0 aliphatic rings. The van der Waals surface area contributed by atoms with Crippen LogP contribution in [0.4, 0.5) is 11.4 Å². The lowest BCUT2D eigenvalue weighted by atomic mass is 10.2. The number of hydrogen-bond donors (Lipinski definition) is 3. The van der Waals surface area contributed by atoms with E-state index in [2.05, 4.69) is 21.2 Å². The van der Waals surface area contributed by atoms with E-state index in [1.807, 2.05) is 0 Å². The molecule has 192 valence electrons. The van der Waals surface area contributed by atoms with Crippen LogP contribution in [-0.4, -0.2) is 44.8 Å². The van der Waals surface area contributed by atoms with E-state index in [4.69, 9.17) is 37.4 Å². The lowest BCUT2D eigenvalue weighted by Gasteiger charge is -2.12.